The van der Waals surface area contributed by atoms with Crippen LogP contribution in [0, 0.1) is 11.3 Å². The fourth-order valence-electron chi connectivity index (χ4n) is 2.36. The molecule has 0 bridgehead atoms. The first kappa shape index (κ1) is 19.5. The number of nitrogens with one attached hydrogen (secondary N) is 1. The standard InChI is InChI=1S/C17H27NO4S/c1-12(2)17(14(19)20,8-6-13-7-9-23-10-13)11-18-15(21)22-16(3,4)5/h7,9-10,12H,6,8,11H2,1-5H3,(H,18,21)(H,19,20). The number of carboxylic acids is 1. The Morgan fingerprint density at radius 3 is 2.43 bits per heavy atom. The molecule has 1 rings (SSSR count). The van der Waals surface area contributed by atoms with Crippen molar-refractivity contribution < 1.29 is 19.4 Å². The molecule has 0 aromatic carbocycles. The quantitative estimate of drug-likeness (QED) is 0.788. The van der Waals surface area contributed by atoms with E-state index in [2.05, 4.69) is 5.32 Å². The molecule has 1 unspecified atom stereocenters. The summed E-state index contributed by atoms with van der Waals surface area (Å²) < 4.78 is 5.20. The Labute approximate surface area is 142 Å². The van der Waals surface area contributed by atoms with Crippen LogP contribution in [0.4, 0.5) is 4.79 Å². The number of hydrogen-bond donors (Lipinski definition) is 2. The molecule has 1 aromatic rings. The molecule has 1 atom stereocenters. The van der Waals surface area contributed by atoms with Gasteiger partial charge in [0.1, 0.15) is 5.60 Å². The van der Waals surface area contributed by atoms with Crippen LogP contribution < -0.4 is 5.32 Å². The fraction of sp³-hybridized carbons (Fsp3) is 0.647. The number of amides is 1. The molecule has 0 spiro atoms. The third-order valence-corrected chi connectivity index (χ3v) is 4.65. The lowest BCUT2D eigenvalue weighted by atomic mass is 9.73. The van der Waals surface area contributed by atoms with E-state index >= 15 is 0 Å². The maximum atomic E-state index is 11.9. The average Bonchev–Trinajstić information content (AvgIpc) is 2.89. The number of alkyl carbamates (subject to hydrolysis) is 1. The lowest BCUT2D eigenvalue weighted by Crippen LogP contribution is -2.48. The molecule has 23 heavy (non-hydrogen) atoms. The van der Waals surface area contributed by atoms with Crippen molar-refractivity contribution in [3.05, 3.63) is 22.4 Å². The van der Waals surface area contributed by atoms with Crippen LogP contribution in [0.1, 0.15) is 46.6 Å². The summed E-state index contributed by atoms with van der Waals surface area (Å²) >= 11 is 1.59. The van der Waals surface area contributed by atoms with Crippen molar-refractivity contribution in [2.75, 3.05) is 6.54 Å². The molecule has 1 aromatic heterocycles. The Morgan fingerprint density at radius 2 is 2.00 bits per heavy atom. The third-order valence-electron chi connectivity index (χ3n) is 3.92. The summed E-state index contributed by atoms with van der Waals surface area (Å²) in [5.74, 6) is -1.01. The summed E-state index contributed by atoms with van der Waals surface area (Å²) in [6, 6.07) is 2.00. The molecule has 1 heterocycles. The minimum atomic E-state index is -1.02. The van der Waals surface area contributed by atoms with Crippen LogP contribution in [-0.2, 0) is 16.0 Å². The van der Waals surface area contributed by atoms with E-state index in [1.807, 2.05) is 30.7 Å². The molecule has 0 saturated heterocycles. The number of carbonyl (C=O) groups excluding carboxylic acids is 1. The lowest BCUT2D eigenvalue weighted by Gasteiger charge is -2.34. The second kappa shape index (κ2) is 7.81. The van der Waals surface area contributed by atoms with Gasteiger partial charge in [-0.05, 0) is 61.9 Å². The van der Waals surface area contributed by atoms with E-state index in [-0.39, 0.29) is 12.5 Å². The second-order valence-corrected chi connectivity index (χ2v) is 7.88. The number of ether oxygens (including phenoxy) is 1. The first-order chi connectivity index (χ1) is 10.6. The van der Waals surface area contributed by atoms with Crippen LogP contribution in [-0.4, -0.2) is 29.3 Å². The molecule has 1 amide bonds. The van der Waals surface area contributed by atoms with Gasteiger partial charge < -0.3 is 15.2 Å². The van der Waals surface area contributed by atoms with Crippen LogP contribution in [0.15, 0.2) is 16.8 Å². The van der Waals surface area contributed by atoms with E-state index in [9.17, 15) is 14.7 Å². The number of aryl methyl sites for hydroxylation is 1. The summed E-state index contributed by atoms with van der Waals surface area (Å²) in [6.45, 7) is 9.12. The zero-order chi connectivity index (χ0) is 17.7. The second-order valence-electron chi connectivity index (χ2n) is 7.10. The van der Waals surface area contributed by atoms with Gasteiger partial charge in [-0.2, -0.15) is 11.3 Å². The minimum Gasteiger partial charge on any atom is -0.481 e. The fourth-order valence-corrected chi connectivity index (χ4v) is 3.06. The van der Waals surface area contributed by atoms with Gasteiger partial charge in [0.25, 0.3) is 0 Å². The van der Waals surface area contributed by atoms with Crippen molar-refractivity contribution in [3.63, 3.8) is 0 Å². The number of aliphatic carboxylic acids is 1. The lowest BCUT2D eigenvalue weighted by molar-refractivity contribution is -0.152. The summed E-state index contributed by atoms with van der Waals surface area (Å²) in [5, 5.41) is 16.4. The topological polar surface area (TPSA) is 75.6 Å². The van der Waals surface area contributed by atoms with Crippen LogP contribution in [0.3, 0.4) is 0 Å². The molecule has 2 N–H and O–H groups in total. The molecule has 0 aliphatic heterocycles. The van der Waals surface area contributed by atoms with Crippen molar-refractivity contribution in [1.82, 2.24) is 5.32 Å². The predicted molar refractivity (Wildman–Crippen MR) is 91.8 cm³/mol. The highest BCUT2D eigenvalue weighted by Crippen LogP contribution is 2.33. The van der Waals surface area contributed by atoms with Crippen molar-refractivity contribution in [2.24, 2.45) is 11.3 Å². The number of carboxylic acid groups (broad SMARTS) is 1. The van der Waals surface area contributed by atoms with E-state index in [0.717, 1.165) is 5.56 Å². The van der Waals surface area contributed by atoms with E-state index in [0.29, 0.717) is 12.8 Å². The van der Waals surface area contributed by atoms with Crippen LogP contribution in [0.5, 0.6) is 0 Å². The van der Waals surface area contributed by atoms with Gasteiger partial charge in [0, 0.05) is 6.54 Å². The zero-order valence-corrected chi connectivity index (χ0v) is 15.3. The maximum absolute atomic E-state index is 11.9. The van der Waals surface area contributed by atoms with E-state index in [1.165, 1.54) is 0 Å². The Bertz CT molecular complexity index is 519. The van der Waals surface area contributed by atoms with Crippen LogP contribution in [0.25, 0.3) is 0 Å². The molecule has 0 radical (unpaired) electrons. The summed E-state index contributed by atoms with van der Waals surface area (Å²) in [5.41, 5.74) is -0.498. The number of rotatable bonds is 7. The summed E-state index contributed by atoms with van der Waals surface area (Å²) in [6.07, 6.45) is 0.551. The summed E-state index contributed by atoms with van der Waals surface area (Å²) in [7, 11) is 0. The first-order valence-corrected chi connectivity index (χ1v) is 8.72. The van der Waals surface area contributed by atoms with Gasteiger partial charge in [0.15, 0.2) is 0 Å². The predicted octanol–water partition coefficient (Wildman–Crippen LogP) is 3.93. The Morgan fingerprint density at radius 1 is 1.35 bits per heavy atom. The highest BCUT2D eigenvalue weighted by atomic mass is 32.1. The van der Waals surface area contributed by atoms with Crippen molar-refractivity contribution in [1.29, 1.82) is 0 Å². The van der Waals surface area contributed by atoms with Crippen molar-refractivity contribution in [2.45, 2.75) is 53.1 Å². The molecular formula is C17H27NO4S. The highest BCUT2D eigenvalue weighted by molar-refractivity contribution is 7.07. The summed E-state index contributed by atoms with van der Waals surface area (Å²) in [4.78, 5) is 23.8. The molecule has 5 nitrogen and oxygen atoms in total. The Hall–Kier alpha value is -1.56. The molecule has 0 fully saturated rings. The van der Waals surface area contributed by atoms with Crippen molar-refractivity contribution in [3.8, 4) is 0 Å². The van der Waals surface area contributed by atoms with Gasteiger partial charge in [0.2, 0.25) is 0 Å². The minimum absolute atomic E-state index is 0.0546. The Kier molecular flexibility index (Phi) is 6.62. The van der Waals surface area contributed by atoms with E-state index in [4.69, 9.17) is 4.74 Å². The monoisotopic (exact) mass is 341 g/mol. The maximum Gasteiger partial charge on any atom is 0.407 e. The van der Waals surface area contributed by atoms with E-state index in [1.54, 1.807) is 32.1 Å². The van der Waals surface area contributed by atoms with Crippen LogP contribution >= 0.6 is 11.3 Å². The van der Waals surface area contributed by atoms with Gasteiger partial charge in [-0.1, -0.05) is 13.8 Å². The molecular weight excluding hydrogens is 314 g/mol. The zero-order valence-electron chi connectivity index (χ0n) is 14.5. The normalized spacial score (nSPS) is 14.3. The van der Waals surface area contributed by atoms with Gasteiger partial charge in [0.05, 0.1) is 5.41 Å². The smallest absolute Gasteiger partial charge is 0.407 e. The molecule has 6 heteroatoms. The van der Waals surface area contributed by atoms with Gasteiger partial charge >= 0.3 is 12.1 Å². The highest BCUT2D eigenvalue weighted by Gasteiger charge is 2.42. The Balaban J connectivity index is 2.78. The van der Waals surface area contributed by atoms with Gasteiger partial charge in [-0.15, -0.1) is 0 Å². The average molecular weight is 341 g/mol. The first-order valence-electron chi connectivity index (χ1n) is 7.78. The number of thiophene rings is 1. The molecule has 0 aliphatic carbocycles. The number of carbonyl (C=O) groups is 2. The van der Waals surface area contributed by atoms with Gasteiger partial charge in [-0.25, -0.2) is 4.79 Å². The molecule has 0 aliphatic rings. The third kappa shape index (κ3) is 5.86. The molecule has 0 saturated carbocycles. The SMILES string of the molecule is CC(C)C(CCc1ccsc1)(CNC(=O)OC(C)(C)C)C(=O)O. The van der Waals surface area contributed by atoms with Gasteiger partial charge in [-0.3, -0.25) is 4.79 Å². The van der Waals surface area contributed by atoms with E-state index < -0.39 is 23.1 Å². The molecule has 130 valence electrons. The van der Waals surface area contributed by atoms with Crippen molar-refractivity contribution >= 4 is 23.4 Å². The number of hydrogen-bond acceptors (Lipinski definition) is 4. The largest absolute Gasteiger partial charge is 0.481 e. The van der Waals surface area contributed by atoms with Crippen LogP contribution in [0.2, 0.25) is 0 Å².